The third-order valence-corrected chi connectivity index (χ3v) is 11.9. The molecule has 0 spiro atoms. The van der Waals surface area contributed by atoms with Gasteiger partial charge in [0.2, 0.25) is 0 Å². The average molecular weight is 497 g/mol. The number of hydrogen-bond donors (Lipinski definition) is 1. The Morgan fingerprint density at radius 3 is 2.53 bits per heavy atom. The summed E-state index contributed by atoms with van der Waals surface area (Å²) in [6, 6.07) is 10.7. The molecule has 1 N–H and O–H groups in total. The van der Waals surface area contributed by atoms with Crippen LogP contribution in [0.25, 0.3) is 0 Å². The topological polar surface area (TPSA) is 38.7 Å². The maximum Gasteiger partial charge on any atom is 0.0720 e. The van der Waals surface area contributed by atoms with E-state index in [1.807, 2.05) is 0 Å². The van der Waals surface area contributed by atoms with Crippen molar-refractivity contribution >= 4 is 0 Å². The second kappa shape index (κ2) is 11.1. The molecule has 202 valence electrons. The van der Waals surface area contributed by atoms with Gasteiger partial charge in [-0.2, -0.15) is 0 Å². The van der Waals surface area contributed by atoms with E-state index >= 15 is 0 Å². The summed E-state index contributed by atoms with van der Waals surface area (Å²) in [6.45, 7) is 11.5. The fraction of sp³-hybridized carbons (Fsp3) is 0.818. The fourth-order valence-electron chi connectivity index (χ4n) is 10.2. The summed E-state index contributed by atoms with van der Waals surface area (Å²) in [5.41, 5.74) is 1.97. The molecule has 1 aromatic rings. The van der Waals surface area contributed by atoms with Crippen molar-refractivity contribution < 1.29 is 14.6 Å². The van der Waals surface area contributed by atoms with E-state index in [4.69, 9.17) is 9.47 Å². The lowest BCUT2D eigenvalue weighted by Gasteiger charge is -2.63. The van der Waals surface area contributed by atoms with Crippen LogP contribution in [-0.4, -0.2) is 30.5 Å². The van der Waals surface area contributed by atoms with Crippen molar-refractivity contribution in [3.63, 3.8) is 0 Å². The summed E-state index contributed by atoms with van der Waals surface area (Å²) in [5.74, 6) is 4.70. The Labute approximate surface area is 220 Å². The Kier molecular flexibility index (Phi) is 8.21. The minimum atomic E-state index is 0.140. The predicted molar refractivity (Wildman–Crippen MR) is 147 cm³/mol. The highest BCUT2D eigenvalue weighted by Gasteiger charge is 2.64. The molecule has 0 amide bonds. The summed E-state index contributed by atoms with van der Waals surface area (Å²) < 4.78 is 13.1. The molecule has 3 nitrogen and oxygen atoms in total. The number of aliphatic hydroxyl groups excluding tert-OH is 1. The standard InChI is InChI=1S/C33H52O3/c1-5-9-23(2)28-14-15-29-27-13-12-25-20-26(36-22-24-10-7-6-8-11-24)16-17-32(25,3)30(27)21-31(33(28,29)4)35-19-18-34/h6-8,10-11,23,25-31,34H,5,9,12-22H2,1-4H3/t23-,25-,26-,27+,28-,29+,30+,31+,32+,33-/m1/s1. The van der Waals surface area contributed by atoms with Crippen LogP contribution in [0.3, 0.4) is 0 Å². The van der Waals surface area contributed by atoms with Crippen molar-refractivity contribution in [3.8, 4) is 0 Å². The first-order chi connectivity index (χ1) is 17.4. The van der Waals surface area contributed by atoms with Gasteiger partial charge in [-0.05, 0) is 103 Å². The quantitative estimate of drug-likeness (QED) is 0.381. The third-order valence-electron chi connectivity index (χ3n) is 11.9. The maximum atomic E-state index is 9.67. The van der Waals surface area contributed by atoms with Gasteiger partial charge in [-0.1, -0.05) is 70.9 Å². The van der Waals surface area contributed by atoms with Gasteiger partial charge in [0.25, 0.3) is 0 Å². The van der Waals surface area contributed by atoms with Crippen LogP contribution in [0.5, 0.6) is 0 Å². The molecule has 4 fully saturated rings. The number of hydrogen-bond acceptors (Lipinski definition) is 3. The lowest BCUT2D eigenvalue weighted by molar-refractivity contribution is -0.194. The van der Waals surface area contributed by atoms with Crippen LogP contribution in [0.4, 0.5) is 0 Å². The van der Waals surface area contributed by atoms with Crippen molar-refractivity contribution in [3.05, 3.63) is 35.9 Å². The van der Waals surface area contributed by atoms with E-state index in [2.05, 4.69) is 58.0 Å². The Morgan fingerprint density at radius 1 is 0.972 bits per heavy atom. The first-order valence-corrected chi connectivity index (χ1v) is 15.3. The lowest BCUT2D eigenvalue weighted by atomic mass is 9.43. The second-order valence-corrected chi connectivity index (χ2v) is 13.5. The van der Waals surface area contributed by atoms with Crippen molar-refractivity contribution in [2.24, 2.45) is 46.3 Å². The highest BCUT2D eigenvalue weighted by atomic mass is 16.5. The van der Waals surface area contributed by atoms with E-state index in [-0.39, 0.29) is 12.0 Å². The summed E-state index contributed by atoms with van der Waals surface area (Å²) in [5, 5.41) is 9.67. The monoisotopic (exact) mass is 496 g/mol. The van der Waals surface area contributed by atoms with Crippen LogP contribution in [0.2, 0.25) is 0 Å². The molecule has 0 heterocycles. The Morgan fingerprint density at radius 2 is 1.78 bits per heavy atom. The molecule has 10 atom stereocenters. The van der Waals surface area contributed by atoms with Crippen LogP contribution in [0.15, 0.2) is 30.3 Å². The molecule has 0 radical (unpaired) electrons. The van der Waals surface area contributed by atoms with Gasteiger partial charge in [-0.15, -0.1) is 0 Å². The normalized spacial score (nSPS) is 42.9. The van der Waals surface area contributed by atoms with Crippen LogP contribution in [0.1, 0.15) is 97.5 Å². The molecule has 3 heteroatoms. The van der Waals surface area contributed by atoms with Crippen LogP contribution in [-0.2, 0) is 16.1 Å². The van der Waals surface area contributed by atoms with Crippen molar-refractivity contribution in [1.29, 1.82) is 0 Å². The minimum absolute atomic E-state index is 0.140. The van der Waals surface area contributed by atoms with Gasteiger partial charge in [-0.3, -0.25) is 0 Å². The van der Waals surface area contributed by atoms with Crippen molar-refractivity contribution in [1.82, 2.24) is 0 Å². The molecule has 0 aliphatic heterocycles. The van der Waals surface area contributed by atoms with Gasteiger partial charge in [0, 0.05) is 0 Å². The highest BCUT2D eigenvalue weighted by Crippen LogP contribution is 2.69. The smallest absolute Gasteiger partial charge is 0.0720 e. The number of fused-ring (bicyclic) bond motifs is 5. The molecule has 4 saturated carbocycles. The van der Waals surface area contributed by atoms with Gasteiger partial charge < -0.3 is 14.6 Å². The van der Waals surface area contributed by atoms with Gasteiger partial charge in [0.15, 0.2) is 0 Å². The number of rotatable bonds is 9. The van der Waals surface area contributed by atoms with Crippen LogP contribution >= 0.6 is 0 Å². The predicted octanol–water partition coefficient (Wildman–Crippen LogP) is 7.65. The molecule has 1 aromatic carbocycles. The first kappa shape index (κ1) is 26.7. The molecule has 4 aliphatic rings. The van der Waals surface area contributed by atoms with E-state index in [1.54, 1.807) is 0 Å². The average Bonchev–Trinajstić information content (AvgIpc) is 3.25. The first-order valence-electron chi connectivity index (χ1n) is 15.3. The van der Waals surface area contributed by atoms with Gasteiger partial charge in [0.1, 0.15) is 0 Å². The number of aliphatic hydroxyl groups is 1. The minimum Gasteiger partial charge on any atom is -0.394 e. The number of benzene rings is 1. The third kappa shape index (κ3) is 4.71. The zero-order chi connectivity index (χ0) is 25.3. The summed E-state index contributed by atoms with van der Waals surface area (Å²) >= 11 is 0. The number of ether oxygens (including phenoxy) is 2. The zero-order valence-corrected chi connectivity index (χ0v) is 23.5. The molecule has 0 bridgehead atoms. The molecule has 0 saturated heterocycles. The second-order valence-electron chi connectivity index (χ2n) is 13.5. The fourth-order valence-corrected chi connectivity index (χ4v) is 10.2. The van der Waals surface area contributed by atoms with Crippen LogP contribution in [0, 0.1) is 46.3 Å². The summed E-state index contributed by atoms with van der Waals surface area (Å²) in [4.78, 5) is 0. The van der Waals surface area contributed by atoms with E-state index in [1.165, 1.54) is 69.8 Å². The maximum absolute atomic E-state index is 9.67. The van der Waals surface area contributed by atoms with E-state index < -0.39 is 0 Å². The molecule has 5 rings (SSSR count). The van der Waals surface area contributed by atoms with Crippen molar-refractivity contribution in [2.75, 3.05) is 13.2 Å². The summed E-state index contributed by atoms with van der Waals surface area (Å²) in [6.07, 6.45) is 13.8. The molecule has 36 heavy (non-hydrogen) atoms. The van der Waals surface area contributed by atoms with Gasteiger partial charge in [-0.25, -0.2) is 0 Å². The Hall–Kier alpha value is -0.900. The van der Waals surface area contributed by atoms with Crippen LogP contribution < -0.4 is 0 Å². The Balaban J connectivity index is 1.32. The SMILES string of the molecule is CCC[C@@H](C)[C@H]1CC[C@H]2[C@@H]3CC[C@@H]4C[C@H](OCc5ccccc5)CC[C@]4(C)[C@H]3C[C@H](OCCO)[C@]12C. The molecule has 0 aromatic heterocycles. The van der Waals surface area contributed by atoms with Gasteiger partial charge >= 0.3 is 0 Å². The largest absolute Gasteiger partial charge is 0.394 e. The van der Waals surface area contributed by atoms with Gasteiger partial charge in [0.05, 0.1) is 32.0 Å². The summed E-state index contributed by atoms with van der Waals surface area (Å²) in [7, 11) is 0. The zero-order valence-electron chi connectivity index (χ0n) is 23.5. The lowest BCUT2D eigenvalue weighted by Crippen LogP contribution is -2.59. The van der Waals surface area contributed by atoms with E-state index in [0.717, 1.165) is 42.1 Å². The molecule has 0 unspecified atom stereocenters. The molecule has 4 aliphatic carbocycles. The molecular formula is C33H52O3. The molecular weight excluding hydrogens is 444 g/mol. The van der Waals surface area contributed by atoms with E-state index in [0.29, 0.717) is 24.2 Å². The van der Waals surface area contributed by atoms with E-state index in [9.17, 15) is 5.11 Å². The Bertz CT molecular complexity index is 841. The highest BCUT2D eigenvalue weighted by molar-refractivity contribution is 5.15. The van der Waals surface area contributed by atoms with Crippen molar-refractivity contribution in [2.45, 2.75) is 111 Å².